The van der Waals surface area contributed by atoms with E-state index in [1.807, 2.05) is 24.3 Å². The van der Waals surface area contributed by atoms with Gasteiger partial charge in [-0.15, -0.1) is 0 Å². The van der Waals surface area contributed by atoms with Crippen LogP contribution in [0.2, 0.25) is 0 Å². The van der Waals surface area contributed by atoms with Crippen molar-refractivity contribution in [2.24, 2.45) is 0 Å². The minimum absolute atomic E-state index is 0.101. The molecule has 286 valence electrons. The number of hydrogen-bond donors (Lipinski definition) is 1. The highest BCUT2D eigenvalue weighted by atomic mass is 32.2. The summed E-state index contributed by atoms with van der Waals surface area (Å²) in [6.07, 6.45) is 1.16. The molecule has 54 heavy (non-hydrogen) atoms. The average molecular weight is 765 g/mol. The van der Waals surface area contributed by atoms with Crippen LogP contribution in [0.3, 0.4) is 0 Å². The number of methoxy groups -OCH3 is 1. The molecule has 5 aromatic rings. The molecule has 0 bridgehead atoms. The Kier molecular flexibility index (Phi) is 14.2. The number of alkyl halides is 3. The van der Waals surface area contributed by atoms with Gasteiger partial charge in [-0.2, -0.15) is 23.3 Å². The van der Waals surface area contributed by atoms with E-state index in [0.29, 0.717) is 48.2 Å². The standard InChI is InChI=1S/C40H44F4N6O3S/c1-4-48(5-2)19-20-49(24-28-6-10-30(11-7-28)31-12-14-33(15-13-31)40(42,43)44)37(51)26-50-25-36(35(18-21-53-3)32-22-45-46-23-32)38(52)47-39(50)54-27-29-8-16-34(41)17-9-29/h6-17,22-23,25,35H,4-5,18-21,24,26-27H2,1-3H3,(H,45,46). The molecule has 0 spiro atoms. The van der Waals surface area contributed by atoms with Crippen LogP contribution < -0.4 is 5.56 Å². The first-order valence-electron chi connectivity index (χ1n) is 17.7. The fourth-order valence-electron chi connectivity index (χ4n) is 6.09. The van der Waals surface area contributed by atoms with Gasteiger partial charge in [0.1, 0.15) is 12.4 Å². The number of benzene rings is 3. The predicted molar refractivity (Wildman–Crippen MR) is 201 cm³/mol. The van der Waals surface area contributed by atoms with Gasteiger partial charge >= 0.3 is 6.18 Å². The van der Waals surface area contributed by atoms with Crippen molar-refractivity contribution in [2.75, 3.05) is 39.9 Å². The second kappa shape index (κ2) is 19.0. The van der Waals surface area contributed by atoms with Crippen LogP contribution in [-0.2, 0) is 34.6 Å². The molecular weight excluding hydrogens is 721 g/mol. The molecule has 2 aromatic heterocycles. The van der Waals surface area contributed by atoms with E-state index in [1.165, 1.54) is 36.0 Å². The number of thioether (sulfide) groups is 1. The topological polar surface area (TPSA) is 96.4 Å². The molecule has 5 rings (SSSR count). The highest BCUT2D eigenvalue weighted by Crippen LogP contribution is 2.31. The Morgan fingerprint density at radius 3 is 2.19 bits per heavy atom. The number of carbonyl (C=O) groups is 1. The maximum Gasteiger partial charge on any atom is 0.416 e. The first-order chi connectivity index (χ1) is 26.0. The van der Waals surface area contributed by atoms with E-state index in [9.17, 15) is 27.2 Å². The highest BCUT2D eigenvalue weighted by Gasteiger charge is 2.30. The molecule has 1 unspecified atom stereocenters. The quantitative estimate of drug-likeness (QED) is 0.0558. The lowest BCUT2D eigenvalue weighted by molar-refractivity contribution is -0.137. The fourth-order valence-corrected chi connectivity index (χ4v) is 7.01. The molecule has 2 heterocycles. The zero-order chi connectivity index (χ0) is 38.7. The number of likely N-dealkylation sites (N-methyl/N-ethyl adjacent to an activating group) is 1. The molecule has 0 saturated carbocycles. The fraction of sp³-hybridized carbons (Fsp3) is 0.350. The van der Waals surface area contributed by atoms with Gasteiger partial charge in [-0.05, 0) is 71.6 Å². The number of ether oxygens (including phenoxy) is 1. The van der Waals surface area contributed by atoms with E-state index in [-0.39, 0.29) is 30.7 Å². The second-order valence-electron chi connectivity index (χ2n) is 12.8. The van der Waals surface area contributed by atoms with Gasteiger partial charge in [0, 0.05) is 63.0 Å². The summed E-state index contributed by atoms with van der Waals surface area (Å²) >= 11 is 1.29. The van der Waals surface area contributed by atoms with Crippen LogP contribution in [0.5, 0.6) is 0 Å². The van der Waals surface area contributed by atoms with Gasteiger partial charge in [-0.1, -0.05) is 74.1 Å². The van der Waals surface area contributed by atoms with Crippen molar-refractivity contribution in [3.63, 3.8) is 0 Å². The number of H-pyrrole nitrogens is 1. The monoisotopic (exact) mass is 764 g/mol. The molecule has 0 radical (unpaired) electrons. The van der Waals surface area contributed by atoms with Crippen LogP contribution in [0.1, 0.15) is 54.0 Å². The van der Waals surface area contributed by atoms with Gasteiger partial charge in [0.2, 0.25) is 5.91 Å². The molecule has 0 fully saturated rings. The number of nitrogens with zero attached hydrogens (tertiary/aromatic N) is 5. The molecule has 3 aromatic carbocycles. The van der Waals surface area contributed by atoms with Gasteiger partial charge in [0.15, 0.2) is 5.16 Å². The Hall–Kier alpha value is -4.79. The van der Waals surface area contributed by atoms with E-state index in [4.69, 9.17) is 4.74 Å². The average Bonchev–Trinajstić information content (AvgIpc) is 3.71. The zero-order valence-corrected chi connectivity index (χ0v) is 31.3. The third-order valence-electron chi connectivity index (χ3n) is 9.29. The smallest absolute Gasteiger partial charge is 0.385 e. The number of aromatic nitrogens is 4. The second-order valence-corrected chi connectivity index (χ2v) is 13.7. The van der Waals surface area contributed by atoms with Gasteiger partial charge in [-0.3, -0.25) is 14.7 Å². The molecular formula is C40H44F4N6O3S. The summed E-state index contributed by atoms with van der Waals surface area (Å²) in [6.45, 7) is 7.40. The normalized spacial score (nSPS) is 12.3. The largest absolute Gasteiger partial charge is 0.416 e. The number of rotatable bonds is 18. The number of aromatic amines is 1. The Balaban J connectivity index is 1.44. The third-order valence-corrected chi connectivity index (χ3v) is 10.3. The summed E-state index contributed by atoms with van der Waals surface area (Å²) in [5, 5.41) is 7.24. The number of hydrogen-bond acceptors (Lipinski definition) is 7. The van der Waals surface area contributed by atoms with E-state index in [2.05, 4.69) is 33.9 Å². The molecule has 1 amide bonds. The van der Waals surface area contributed by atoms with Crippen LogP contribution >= 0.6 is 11.8 Å². The summed E-state index contributed by atoms with van der Waals surface area (Å²) in [6, 6.07) is 18.5. The lowest BCUT2D eigenvalue weighted by Crippen LogP contribution is -2.40. The first kappa shape index (κ1) is 40.4. The van der Waals surface area contributed by atoms with Gasteiger partial charge in [-0.25, -0.2) is 4.39 Å². The molecule has 0 aliphatic heterocycles. The van der Waals surface area contributed by atoms with Crippen molar-refractivity contribution in [1.82, 2.24) is 29.5 Å². The van der Waals surface area contributed by atoms with Crippen molar-refractivity contribution >= 4 is 17.7 Å². The lowest BCUT2D eigenvalue weighted by atomic mass is 9.92. The van der Waals surface area contributed by atoms with E-state index >= 15 is 0 Å². The summed E-state index contributed by atoms with van der Waals surface area (Å²) in [5.41, 5.74) is 3.14. The number of halogens is 4. The molecule has 0 saturated heterocycles. The van der Waals surface area contributed by atoms with Gasteiger partial charge in [0.25, 0.3) is 5.56 Å². The van der Waals surface area contributed by atoms with Crippen LogP contribution in [0.15, 0.2) is 101 Å². The molecule has 0 aliphatic rings. The molecule has 14 heteroatoms. The van der Waals surface area contributed by atoms with E-state index in [1.54, 1.807) is 47.3 Å². The third kappa shape index (κ3) is 10.9. The molecule has 9 nitrogen and oxygen atoms in total. The van der Waals surface area contributed by atoms with Crippen molar-refractivity contribution in [3.05, 3.63) is 135 Å². The van der Waals surface area contributed by atoms with Crippen LogP contribution in [0.25, 0.3) is 11.1 Å². The predicted octanol–water partition coefficient (Wildman–Crippen LogP) is 7.62. The Morgan fingerprint density at radius 1 is 0.944 bits per heavy atom. The minimum Gasteiger partial charge on any atom is -0.385 e. The van der Waals surface area contributed by atoms with E-state index in [0.717, 1.165) is 47.5 Å². The molecule has 1 atom stereocenters. The molecule has 1 N–H and O–H groups in total. The van der Waals surface area contributed by atoms with Crippen molar-refractivity contribution < 1.29 is 27.1 Å². The first-order valence-corrected chi connectivity index (χ1v) is 18.7. The van der Waals surface area contributed by atoms with Gasteiger partial charge in [0.05, 0.1) is 11.8 Å². The summed E-state index contributed by atoms with van der Waals surface area (Å²) in [4.78, 5) is 36.5. The SMILES string of the molecule is CCN(CC)CCN(Cc1ccc(-c2ccc(C(F)(F)F)cc2)cc1)C(=O)Cn1cc(C(CCOC)c2cn[nH]c2)c(=O)nc1SCc1ccc(F)cc1. The maximum atomic E-state index is 14.3. The lowest BCUT2D eigenvalue weighted by Gasteiger charge is -2.28. The minimum atomic E-state index is -4.41. The maximum absolute atomic E-state index is 14.3. The summed E-state index contributed by atoms with van der Waals surface area (Å²) in [7, 11) is 1.59. The Morgan fingerprint density at radius 2 is 1.59 bits per heavy atom. The number of carbonyl (C=O) groups excluding carboxylic acids is 1. The van der Waals surface area contributed by atoms with Crippen molar-refractivity contribution in [1.29, 1.82) is 0 Å². The highest BCUT2D eigenvalue weighted by molar-refractivity contribution is 7.98. The number of nitrogens with one attached hydrogen (secondary N) is 1. The van der Waals surface area contributed by atoms with Crippen molar-refractivity contribution in [2.45, 2.75) is 56.4 Å². The Bertz CT molecular complexity index is 1980. The number of amides is 1. The zero-order valence-electron chi connectivity index (χ0n) is 30.5. The summed E-state index contributed by atoms with van der Waals surface area (Å²) in [5.74, 6) is -0.533. The molecule has 0 aliphatic carbocycles. The van der Waals surface area contributed by atoms with Gasteiger partial charge < -0.3 is 19.1 Å². The van der Waals surface area contributed by atoms with Crippen LogP contribution in [0.4, 0.5) is 17.6 Å². The van der Waals surface area contributed by atoms with Crippen LogP contribution in [0, 0.1) is 5.82 Å². The Labute approximate surface area is 316 Å². The summed E-state index contributed by atoms with van der Waals surface area (Å²) < 4.78 is 60.0. The van der Waals surface area contributed by atoms with Crippen molar-refractivity contribution in [3.8, 4) is 11.1 Å². The van der Waals surface area contributed by atoms with Crippen LogP contribution in [-0.4, -0.2) is 75.4 Å². The van der Waals surface area contributed by atoms with E-state index < -0.39 is 17.3 Å².